The summed E-state index contributed by atoms with van der Waals surface area (Å²) in [6, 6.07) is 11.7. The van der Waals surface area contributed by atoms with Gasteiger partial charge in [0, 0.05) is 44.1 Å². The SMILES string of the molecule is C[C@H]1CN([C@@H](C)CO)C(=O)c2cc(NC(=O)CCCCCC(=O)Nc3ccccc3N)ccc2O[C@H]1CN(C)C(=O)NC1CCCCC1. The van der Waals surface area contributed by atoms with Crippen LogP contribution in [0.5, 0.6) is 5.75 Å². The van der Waals surface area contributed by atoms with Gasteiger partial charge in [-0.2, -0.15) is 0 Å². The number of carbonyl (C=O) groups is 4. The molecule has 1 aliphatic carbocycles. The molecule has 1 fully saturated rings. The Balaban J connectivity index is 1.34. The fourth-order valence-electron chi connectivity index (χ4n) is 6.20. The molecular formula is C36H52N6O6. The van der Waals surface area contributed by atoms with Crippen LogP contribution in [0.1, 0.15) is 88.4 Å². The zero-order chi connectivity index (χ0) is 34.6. The third-order valence-electron chi connectivity index (χ3n) is 9.22. The van der Waals surface area contributed by atoms with Gasteiger partial charge in [-0.05, 0) is 62.9 Å². The highest BCUT2D eigenvalue weighted by molar-refractivity contribution is 6.00. The number of carbonyl (C=O) groups excluding carboxylic acids is 4. The van der Waals surface area contributed by atoms with E-state index in [2.05, 4.69) is 16.0 Å². The Morgan fingerprint density at radius 3 is 2.40 bits per heavy atom. The summed E-state index contributed by atoms with van der Waals surface area (Å²) >= 11 is 0. The van der Waals surface area contributed by atoms with Crippen LogP contribution in [0.25, 0.3) is 0 Å². The number of amides is 5. The van der Waals surface area contributed by atoms with E-state index in [1.54, 1.807) is 60.2 Å². The largest absolute Gasteiger partial charge is 0.487 e. The minimum atomic E-state index is -0.441. The topological polar surface area (TPSA) is 166 Å². The van der Waals surface area contributed by atoms with Crippen molar-refractivity contribution in [3.8, 4) is 5.75 Å². The lowest BCUT2D eigenvalue weighted by Gasteiger charge is -2.38. The molecule has 2 aromatic rings. The molecule has 3 atom stereocenters. The summed E-state index contributed by atoms with van der Waals surface area (Å²) in [7, 11) is 1.75. The number of benzene rings is 2. The number of aliphatic hydroxyl groups excluding tert-OH is 1. The van der Waals surface area contributed by atoms with E-state index in [9.17, 15) is 24.3 Å². The molecular weight excluding hydrogens is 612 g/mol. The Kier molecular flexibility index (Phi) is 13.5. The lowest BCUT2D eigenvalue weighted by Crippen LogP contribution is -2.52. The Labute approximate surface area is 283 Å². The van der Waals surface area contributed by atoms with Gasteiger partial charge in [0.25, 0.3) is 5.91 Å². The number of rotatable bonds is 13. The van der Waals surface area contributed by atoms with Gasteiger partial charge >= 0.3 is 6.03 Å². The predicted molar refractivity (Wildman–Crippen MR) is 187 cm³/mol. The maximum absolute atomic E-state index is 13.8. The number of hydrogen-bond acceptors (Lipinski definition) is 7. The number of para-hydroxylation sites is 2. The Morgan fingerprint density at radius 1 is 1.02 bits per heavy atom. The molecule has 12 heteroatoms. The van der Waals surface area contributed by atoms with Crippen LogP contribution in [0.3, 0.4) is 0 Å². The van der Waals surface area contributed by atoms with Gasteiger partial charge in [0.15, 0.2) is 0 Å². The van der Waals surface area contributed by atoms with Gasteiger partial charge in [0.2, 0.25) is 11.8 Å². The molecule has 12 nitrogen and oxygen atoms in total. The Hall–Kier alpha value is -4.32. The number of hydrogen-bond donors (Lipinski definition) is 5. The number of nitrogens with one attached hydrogen (secondary N) is 3. The van der Waals surface area contributed by atoms with Crippen LogP contribution < -0.4 is 26.4 Å². The molecule has 262 valence electrons. The van der Waals surface area contributed by atoms with Gasteiger partial charge in [-0.3, -0.25) is 14.4 Å². The van der Waals surface area contributed by atoms with E-state index in [-0.39, 0.29) is 54.3 Å². The third kappa shape index (κ3) is 10.3. The van der Waals surface area contributed by atoms with Crippen molar-refractivity contribution in [3.63, 3.8) is 0 Å². The lowest BCUT2D eigenvalue weighted by atomic mass is 9.96. The van der Waals surface area contributed by atoms with Crippen molar-refractivity contribution < 1.29 is 29.0 Å². The van der Waals surface area contributed by atoms with Crippen LogP contribution in [0, 0.1) is 5.92 Å². The predicted octanol–water partition coefficient (Wildman–Crippen LogP) is 4.99. The van der Waals surface area contributed by atoms with Crippen LogP contribution in [-0.4, -0.2) is 83.6 Å². The molecule has 1 aliphatic heterocycles. The molecule has 6 N–H and O–H groups in total. The smallest absolute Gasteiger partial charge is 0.317 e. The Bertz CT molecular complexity index is 1410. The number of likely N-dealkylation sites (N-methyl/N-ethyl adjacent to an activating group) is 1. The maximum atomic E-state index is 13.8. The number of nitrogen functional groups attached to an aromatic ring is 1. The first-order chi connectivity index (χ1) is 23.0. The molecule has 0 unspecified atom stereocenters. The molecule has 0 radical (unpaired) electrons. The van der Waals surface area contributed by atoms with Gasteiger partial charge in [-0.15, -0.1) is 0 Å². The number of aliphatic hydroxyl groups is 1. The molecule has 2 aliphatic rings. The summed E-state index contributed by atoms with van der Waals surface area (Å²) in [5.41, 5.74) is 7.72. The van der Waals surface area contributed by atoms with Crippen LogP contribution in [0.2, 0.25) is 0 Å². The second kappa shape index (κ2) is 17.7. The molecule has 1 heterocycles. The minimum Gasteiger partial charge on any atom is -0.487 e. The van der Waals surface area contributed by atoms with E-state index in [1.807, 2.05) is 13.0 Å². The molecule has 0 spiro atoms. The van der Waals surface area contributed by atoms with E-state index in [0.29, 0.717) is 61.6 Å². The third-order valence-corrected chi connectivity index (χ3v) is 9.22. The second-order valence-corrected chi connectivity index (χ2v) is 13.2. The van der Waals surface area contributed by atoms with Crippen LogP contribution >= 0.6 is 0 Å². The molecule has 5 amide bonds. The summed E-state index contributed by atoms with van der Waals surface area (Å²) in [5.74, 6) is -0.398. The second-order valence-electron chi connectivity index (χ2n) is 13.2. The minimum absolute atomic E-state index is 0.124. The van der Waals surface area contributed by atoms with E-state index in [4.69, 9.17) is 10.5 Å². The Morgan fingerprint density at radius 2 is 1.71 bits per heavy atom. The van der Waals surface area contributed by atoms with Gasteiger partial charge in [0.05, 0.1) is 36.1 Å². The number of urea groups is 1. The lowest BCUT2D eigenvalue weighted by molar-refractivity contribution is -0.116. The fourth-order valence-corrected chi connectivity index (χ4v) is 6.20. The number of fused-ring (bicyclic) bond motifs is 1. The molecule has 48 heavy (non-hydrogen) atoms. The van der Waals surface area contributed by atoms with E-state index in [1.165, 1.54) is 6.42 Å². The van der Waals surface area contributed by atoms with Crippen molar-refractivity contribution in [1.82, 2.24) is 15.1 Å². The average molecular weight is 665 g/mol. The van der Waals surface area contributed by atoms with Crippen molar-refractivity contribution in [3.05, 3.63) is 48.0 Å². The van der Waals surface area contributed by atoms with Crippen molar-refractivity contribution in [1.29, 1.82) is 0 Å². The molecule has 0 bridgehead atoms. The fraction of sp³-hybridized carbons (Fsp3) is 0.556. The number of unbranched alkanes of at least 4 members (excludes halogenated alkanes) is 2. The zero-order valence-electron chi connectivity index (χ0n) is 28.5. The van der Waals surface area contributed by atoms with E-state index >= 15 is 0 Å². The van der Waals surface area contributed by atoms with Crippen LogP contribution in [-0.2, 0) is 9.59 Å². The van der Waals surface area contributed by atoms with E-state index in [0.717, 1.165) is 25.7 Å². The van der Waals surface area contributed by atoms with Gasteiger partial charge in [0.1, 0.15) is 11.9 Å². The molecule has 4 rings (SSSR count). The highest BCUT2D eigenvalue weighted by atomic mass is 16.5. The van der Waals surface area contributed by atoms with Crippen LogP contribution in [0.15, 0.2) is 42.5 Å². The van der Waals surface area contributed by atoms with Gasteiger partial charge in [-0.1, -0.05) is 44.7 Å². The maximum Gasteiger partial charge on any atom is 0.317 e. The van der Waals surface area contributed by atoms with Gasteiger partial charge < -0.3 is 41.3 Å². The molecule has 1 saturated carbocycles. The van der Waals surface area contributed by atoms with Crippen molar-refractivity contribution >= 4 is 40.8 Å². The standard InChI is InChI=1S/C36H52N6O6/c1-24-21-42(25(2)23-43)35(46)28-20-27(38-33(44)16-8-5-9-17-34(45)40-30-15-11-10-14-29(30)37)18-19-31(28)48-32(24)22-41(3)36(47)39-26-12-6-4-7-13-26/h10-11,14-15,18-20,24-26,32,43H,4-9,12-13,16-17,21-23,37H2,1-3H3,(H,38,44)(H,39,47)(H,40,45)/t24-,25-,32-/m0/s1. The van der Waals surface area contributed by atoms with Gasteiger partial charge in [-0.25, -0.2) is 4.79 Å². The van der Waals surface area contributed by atoms with E-state index < -0.39 is 12.1 Å². The number of nitrogens with two attached hydrogens (primary N) is 1. The summed E-state index contributed by atoms with van der Waals surface area (Å²) in [5, 5.41) is 18.8. The highest BCUT2D eigenvalue weighted by Crippen LogP contribution is 2.31. The van der Waals surface area contributed by atoms with Crippen LogP contribution in [0.4, 0.5) is 21.9 Å². The summed E-state index contributed by atoms with van der Waals surface area (Å²) in [4.78, 5) is 55.1. The first-order valence-electron chi connectivity index (χ1n) is 17.2. The average Bonchev–Trinajstić information content (AvgIpc) is 3.07. The van der Waals surface area contributed by atoms with Crippen molar-refractivity contribution in [2.45, 2.75) is 96.2 Å². The highest BCUT2D eigenvalue weighted by Gasteiger charge is 2.34. The number of anilines is 3. The first-order valence-corrected chi connectivity index (χ1v) is 17.2. The summed E-state index contributed by atoms with van der Waals surface area (Å²) < 4.78 is 6.42. The summed E-state index contributed by atoms with van der Waals surface area (Å²) in [6.45, 7) is 4.21. The zero-order valence-corrected chi connectivity index (χ0v) is 28.5. The van der Waals surface area contributed by atoms with Crippen molar-refractivity contribution in [2.24, 2.45) is 5.92 Å². The number of nitrogens with zero attached hydrogens (tertiary/aromatic N) is 2. The quantitative estimate of drug-likeness (QED) is 0.149. The molecule has 0 aromatic heterocycles. The van der Waals surface area contributed by atoms with Crippen molar-refractivity contribution in [2.75, 3.05) is 43.1 Å². The molecule has 0 saturated heterocycles. The normalized spacial score (nSPS) is 18.8. The molecule has 2 aromatic carbocycles. The monoisotopic (exact) mass is 664 g/mol. The summed E-state index contributed by atoms with van der Waals surface area (Å²) in [6.07, 6.45) is 7.52. The first kappa shape index (κ1) is 36.5. The number of ether oxygens (including phenoxy) is 1.